The molecule has 0 aromatic carbocycles. The zero-order chi connectivity index (χ0) is 39.4. The molecule has 0 aliphatic heterocycles. The summed E-state index contributed by atoms with van der Waals surface area (Å²) in [7, 11) is 0. The normalized spacial score (nSPS) is 12.7. The monoisotopic (exact) mass is 753 g/mol. The zero-order valence-corrected chi connectivity index (χ0v) is 35.0. The highest BCUT2D eigenvalue weighted by molar-refractivity contribution is 5.71. The van der Waals surface area contributed by atoms with Gasteiger partial charge in [0.15, 0.2) is 6.10 Å². The smallest absolute Gasteiger partial charge is 0.306 e. The fraction of sp³-hybridized carbons (Fsp3) is 0.688. The summed E-state index contributed by atoms with van der Waals surface area (Å²) >= 11 is 0. The minimum atomic E-state index is -0.791. The Kier molecular flexibility index (Phi) is 40.1. The van der Waals surface area contributed by atoms with E-state index in [9.17, 15) is 14.4 Å². The summed E-state index contributed by atoms with van der Waals surface area (Å²) in [4.78, 5) is 37.7. The molecule has 6 nitrogen and oxygen atoms in total. The van der Waals surface area contributed by atoms with Crippen molar-refractivity contribution in [2.45, 2.75) is 200 Å². The third-order valence-electron chi connectivity index (χ3n) is 8.99. The first-order valence-corrected chi connectivity index (χ1v) is 22.0. The molecule has 0 aliphatic carbocycles. The second-order valence-electron chi connectivity index (χ2n) is 14.2. The summed E-state index contributed by atoms with van der Waals surface area (Å²) in [6, 6.07) is 0. The molecular weight excluding hydrogens is 673 g/mol. The predicted octanol–water partition coefficient (Wildman–Crippen LogP) is 13.9. The lowest BCUT2D eigenvalue weighted by Gasteiger charge is -2.18. The lowest BCUT2D eigenvalue weighted by molar-refractivity contribution is -0.167. The molecular formula is C48H80O6. The van der Waals surface area contributed by atoms with E-state index in [0.29, 0.717) is 19.3 Å². The molecule has 1 atom stereocenters. The van der Waals surface area contributed by atoms with E-state index in [2.05, 4.69) is 93.7 Å². The van der Waals surface area contributed by atoms with Gasteiger partial charge in [0, 0.05) is 19.3 Å². The number of esters is 3. The molecule has 0 saturated heterocycles. The number of unbranched alkanes of at least 4 members (excludes halogenated alkanes) is 17. The highest BCUT2D eigenvalue weighted by atomic mass is 16.6. The highest BCUT2D eigenvalue weighted by Gasteiger charge is 2.19. The van der Waals surface area contributed by atoms with E-state index in [1.807, 2.05) is 0 Å². The van der Waals surface area contributed by atoms with E-state index in [4.69, 9.17) is 14.2 Å². The van der Waals surface area contributed by atoms with Gasteiger partial charge in [-0.05, 0) is 83.5 Å². The lowest BCUT2D eigenvalue weighted by Crippen LogP contribution is -2.30. The van der Waals surface area contributed by atoms with Crippen LogP contribution in [0.4, 0.5) is 0 Å². The summed E-state index contributed by atoms with van der Waals surface area (Å²) in [5.41, 5.74) is 0. The van der Waals surface area contributed by atoms with Crippen molar-refractivity contribution < 1.29 is 28.6 Å². The van der Waals surface area contributed by atoms with Gasteiger partial charge >= 0.3 is 17.9 Å². The van der Waals surface area contributed by atoms with Crippen LogP contribution in [-0.2, 0) is 28.6 Å². The van der Waals surface area contributed by atoms with Crippen LogP contribution in [-0.4, -0.2) is 37.2 Å². The van der Waals surface area contributed by atoms with Crippen molar-refractivity contribution >= 4 is 17.9 Å². The fourth-order valence-electron chi connectivity index (χ4n) is 5.69. The summed E-state index contributed by atoms with van der Waals surface area (Å²) in [6.07, 6.45) is 51.7. The number of hydrogen-bond acceptors (Lipinski definition) is 6. The third kappa shape index (κ3) is 40.0. The lowest BCUT2D eigenvalue weighted by atomic mass is 10.1. The minimum Gasteiger partial charge on any atom is -0.462 e. The Morgan fingerprint density at radius 3 is 1.33 bits per heavy atom. The standard InChI is InChI=1S/C48H80O6/c1-4-7-10-13-16-19-22-24-27-29-32-35-38-41-47(50)53-44-45(43-52-46(49)40-37-34-31-28-25-21-18-15-12-9-6-3)54-48(51)42-39-36-33-30-26-23-20-17-14-11-8-5-2/h7-8,10-11,13,15-20,22,45H,4-6,9,12,14,21,23-44H2,1-3H3/b10-7-,11-8-,16-13-,18-15-,20-17-,22-19-. The largest absolute Gasteiger partial charge is 0.462 e. The van der Waals surface area contributed by atoms with E-state index in [-0.39, 0.29) is 31.1 Å². The Morgan fingerprint density at radius 1 is 0.407 bits per heavy atom. The zero-order valence-electron chi connectivity index (χ0n) is 35.0. The van der Waals surface area contributed by atoms with Crippen LogP contribution in [0, 0.1) is 0 Å². The maximum absolute atomic E-state index is 12.7. The number of carbonyl (C=O) groups is 3. The fourth-order valence-corrected chi connectivity index (χ4v) is 5.69. The van der Waals surface area contributed by atoms with Crippen molar-refractivity contribution in [2.24, 2.45) is 0 Å². The van der Waals surface area contributed by atoms with Crippen LogP contribution in [0.5, 0.6) is 0 Å². The molecule has 0 radical (unpaired) electrons. The molecule has 0 amide bonds. The third-order valence-corrected chi connectivity index (χ3v) is 8.99. The molecule has 0 bridgehead atoms. The molecule has 0 saturated carbocycles. The first-order chi connectivity index (χ1) is 26.5. The van der Waals surface area contributed by atoms with Crippen LogP contribution in [0.1, 0.15) is 194 Å². The van der Waals surface area contributed by atoms with Crippen molar-refractivity contribution in [3.8, 4) is 0 Å². The van der Waals surface area contributed by atoms with Crippen molar-refractivity contribution in [3.05, 3.63) is 72.9 Å². The Balaban J connectivity index is 4.45. The van der Waals surface area contributed by atoms with Crippen LogP contribution < -0.4 is 0 Å². The molecule has 0 aliphatic rings. The van der Waals surface area contributed by atoms with E-state index in [0.717, 1.165) is 122 Å². The topological polar surface area (TPSA) is 78.9 Å². The molecule has 0 aromatic rings. The quantitative estimate of drug-likeness (QED) is 0.0205. The van der Waals surface area contributed by atoms with Crippen molar-refractivity contribution in [1.29, 1.82) is 0 Å². The Hall–Kier alpha value is -3.15. The van der Waals surface area contributed by atoms with Crippen LogP contribution in [0.25, 0.3) is 0 Å². The van der Waals surface area contributed by atoms with Crippen molar-refractivity contribution in [1.82, 2.24) is 0 Å². The second kappa shape index (κ2) is 42.6. The summed E-state index contributed by atoms with van der Waals surface area (Å²) < 4.78 is 16.6. The van der Waals surface area contributed by atoms with Crippen molar-refractivity contribution in [3.63, 3.8) is 0 Å². The molecule has 0 rings (SSSR count). The number of rotatable bonds is 38. The van der Waals surface area contributed by atoms with Gasteiger partial charge in [0.25, 0.3) is 0 Å². The van der Waals surface area contributed by atoms with Crippen LogP contribution in [0.2, 0.25) is 0 Å². The predicted molar refractivity (Wildman–Crippen MR) is 228 cm³/mol. The number of hydrogen-bond donors (Lipinski definition) is 0. The average Bonchev–Trinajstić information content (AvgIpc) is 3.17. The second-order valence-corrected chi connectivity index (χ2v) is 14.2. The molecule has 0 spiro atoms. The summed E-state index contributed by atoms with van der Waals surface area (Å²) in [5.74, 6) is -0.947. The molecule has 0 aromatic heterocycles. The number of carbonyl (C=O) groups excluding carboxylic acids is 3. The van der Waals surface area contributed by atoms with Gasteiger partial charge in [-0.25, -0.2) is 0 Å². The van der Waals surface area contributed by atoms with Gasteiger partial charge in [-0.1, -0.05) is 164 Å². The first-order valence-electron chi connectivity index (χ1n) is 22.0. The molecule has 1 unspecified atom stereocenters. The van der Waals surface area contributed by atoms with Gasteiger partial charge in [-0.2, -0.15) is 0 Å². The molecule has 308 valence electrons. The number of ether oxygens (including phenoxy) is 3. The van der Waals surface area contributed by atoms with Gasteiger partial charge in [0.2, 0.25) is 0 Å². The highest BCUT2D eigenvalue weighted by Crippen LogP contribution is 2.13. The molecule has 54 heavy (non-hydrogen) atoms. The number of allylic oxidation sites excluding steroid dienone is 12. The summed E-state index contributed by atoms with van der Waals surface area (Å²) in [5, 5.41) is 0. The molecule has 6 heteroatoms. The maximum atomic E-state index is 12.7. The van der Waals surface area contributed by atoms with E-state index >= 15 is 0 Å². The van der Waals surface area contributed by atoms with Crippen LogP contribution in [0.15, 0.2) is 72.9 Å². The first kappa shape index (κ1) is 50.9. The average molecular weight is 753 g/mol. The van der Waals surface area contributed by atoms with Gasteiger partial charge in [0.1, 0.15) is 13.2 Å². The van der Waals surface area contributed by atoms with E-state index < -0.39 is 6.10 Å². The Bertz CT molecular complexity index is 1050. The van der Waals surface area contributed by atoms with Gasteiger partial charge < -0.3 is 14.2 Å². The molecule has 0 heterocycles. The minimum absolute atomic E-state index is 0.0936. The van der Waals surface area contributed by atoms with Crippen LogP contribution in [0.3, 0.4) is 0 Å². The SMILES string of the molecule is CC\C=C/C=C\C=C/CCCCCCCC(=O)OCC(COC(=O)CCCCCCC/C=C\CCCC)OC(=O)CCCCCCC/C=C\C/C=C\CC. The Labute approximate surface area is 332 Å². The Morgan fingerprint density at radius 2 is 0.815 bits per heavy atom. The van der Waals surface area contributed by atoms with Gasteiger partial charge in [-0.15, -0.1) is 0 Å². The maximum Gasteiger partial charge on any atom is 0.306 e. The van der Waals surface area contributed by atoms with E-state index in [1.165, 1.54) is 32.1 Å². The molecule has 0 fully saturated rings. The molecule has 0 N–H and O–H groups in total. The van der Waals surface area contributed by atoms with Crippen molar-refractivity contribution in [2.75, 3.05) is 13.2 Å². The summed E-state index contributed by atoms with van der Waals surface area (Å²) in [6.45, 7) is 6.29. The van der Waals surface area contributed by atoms with Gasteiger partial charge in [-0.3, -0.25) is 14.4 Å². The van der Waals surface area contributed by atoms with E-state index in [1.54, 1.807) is 0 Å². The van der Waals surface area contributed by atoms with Crippen LogP contribution >= 0.6 is 0 Å². The van der Waals surface area contributed by atoms with Gasteiger partial charge in [0.05, 0.1) is 0 Å².